The molecule has 0 aliphatic heterocycles. The number of esters is 1. The van der Waals surface area contributed by atoms with Gasteiger partial charge in [0.05, 0.1) is 23.9 Å². The Hall–Kier alpha value is -2.76. The fraction of sp³-hybridized carbons (Fsp3) is 0.200. The Bertz CT molecular complexity index is 698. The van der Waals surface area contributed by atoms with Gasteiger partial charge < -0.3 is 10.1 Å². The predicted octanol–water partition coefficient (Wildman–Crippen LogP) is 2.13. The van der Waals surface area contributed by atoms with Crippen LogP contribution in [0.25, 0.3) is 0 Å². The molecular weight excluding hydrogens is 270 g/mol. The Morgan fingerprint density at radius 2 is 2.00 bits per heavy atom. The van der Waals surface area contributed by atoms with E-state index < -0.39 is 5.97 Å². The lowest BCUT2D eigenvalue weighted by molar-refractivity contribution is 0.0600. The second-order valence-corrected chi connectivity index (χ2v) is 4.44. The highest BCUT2D eigenvalue weighted by Crippen LogP contribution is 2.14. The van der Waals surface area contributed by atoms with Gasteiger partial charge in [-0.2, -0.15) is 0 Å². The highest BCUT2D eigenvalue weighted by molar-refractivity contribution is 6.05. The minimum absolute atomic E-state index is 0.325. The molecule has 0 aliphatic carbocycles. The molecule has 0 saturated carbocycles. The van der Waals surface area contributed by atoms with E-state index in [-0.39, 0.29) is 5.91 Å². The molecule has 0 saturated heterocycles. The van der Waals surface area contributed by atoms with Crippen molar-refractivity contribution in [2.45, 2.75) is 13.8 Å². The highest BCUT2D eigenvalue weighted by atomic mass is 16.5. The molecule has 1 N–H and O–H groups in total. The molecule has 0 aliphatic rings. The van der Waals surface area contributed by atoms with Crippen molar-refractivity contribution in [1.29, 1.82) is 0 Å². The first kappa shape index (κ1) is 14.6. The van der Waals surface area contributed by atoms with Crippen LogP contribution in [0.1, 0.15) is 32.2 Å². The van der Waals surface area contributed by atoms with E-state index in [9.17, 15) is 9.59 Å². The van der Waals surface area contributed by atoms with Gasteiger partial charge in [0.2, 0.25) is 0 Å². The van der Waals surface area contributed by atoms with E-state index in [0.29, 0.717) is 28.3 Å². The molecule has 21 heavy (non-hydrogen) atoms. The molecule has 0 bridgehead atoms. The Balaban J connectivity index is 2.21. The number of benzene rings is 1. The van der Waals surface area contributed by atoms with E-state index in [0.717, 1.165) is 0 Å². The van der Waals surface area contributed by atoms with Crippen LogP contribution in [0.15, 0.2) is 30.5 Å². The Morgan fingerprint density at radius 3 is 2.67 bits per heavy atom. The smallest absolute Gasteiger partial charge is 0.337 e. The van der Waals surface area contributed by atoms with Crippen LogP contribution in [0.3, 0.4) is 0 Å². The summed E-state index contributed by atoms with van der Waals surface area (Å²) in [5.41, 5.74) is 1.86. The van der Waals surface area contributed by atoms with Crippen LogP contribution in [0.2, 0.25) is 0 Å². The number of anilines is 1. The number of amides is 1. The summed E-state index contributed by atoms with van der Waals surface area (Å²) in [5, 5.41) is 2.71. The summed E-state index contributed by atoms with van der Waals surface area (Å²) in [6, 6.07) is 6.52. The topological polar surface area (TPSA) is 81.2 Å². The van der Waals surface area contributed by atoms with Crippen molar-refractivity contribution < 1.29 is 14.3 Å². The summed E-state index contributed by atoms with van der Waals surface area (Å²) in [4.78, 5) is 31.8. The SMILES string of the molecule is COC(=O)c1cccc(NC(=O)c2cnc(C)nc2C)c1. The Labute approximate surface area is 122 Å². The number of nitrogens with one attached hydrogen (secondary N) is 1. The van der Waals surface area contributed by atoms with Gasteiger partial charge in [0.25, 0.3) is 5.91 Å². The molecule has 6 nitrogen and oxygen atoms in total. The predicted molar refractivity (Wildman–Crippen MR) is 77.2 cm³/mol. The van der Waals surface area contributed by atoms with Crippen molar-refractivity contribution in [2.75, 3.05) is 12.4 Å². The first-order valence-corrected chi connectivity index (χ1v) is 6.31. The molecule has 1 amide bonds. The van der Waals surface area contributed by atoms with Crippen LogP contribution < -0.4 is 5.32 Å². The number of ether oxygens (including phenoxy) is 1. The zero-order valence-corrected chi connectivity index (χ0v) is 12.0. The maximum absolute atomic E-state index is 12.2. The first-order chi connectivity index (χ1) is 10.0. The lowest BCUT2D eigenvalue weighted by atomic mass is 10.2. The van der Waals surface area contributed by atoms with Crippen LogP contribution in [0.4, 0.5) is 5.69 Å². The maximum atomic E-state index is 12.2. The van der Waals surface area contributed by atoms with E-state index >= 15 is 0 Å². The van der Waals surface area contributed by atoms with Crippen LogP contribution in [-0.2, 0) is 4.74 Å². The van der Waals surface area contributed by atoms with Crippen molar-refractivity contribution >= 4 is 17.6 Å². The van der Waals surface area contributed by atoms with Crippen molar-refractivity contribution in [2.24, 2.45) is 0 Å². The summed E-state index contributed by atoms with van der Waals surface area (Å²) in [6.45, 7) is 3.50. The number of hydrogen-bond acceptors (Lipinski definition) is 5. The Morgan fingerprint density at radius 1 is 1.24 bits per heavy atom. The number of nitrogens with zero attached hydrogens (tertiary/aromatic N) is 2. The average molecular weight is 285 g/mol. The fourth-order valence-corrected chi connectivity index (χ4v) is 1.85. The molecular formula is C15H15N3O3. The van der Waals surface area contributed by atoms with E-state index in [4.69, 9.17) is 0 Å². The largest absolute Gasteiger partial charge is 0.465 e. The van der Waals surface area contributed by atoms with Gasteiger partial charge in [-0.15, -0.1) is 0 Å². The second-order valence-electron chi connectivity index (χ2n) is 4.44. The van der Waals surface area contributed by atoms with E-state index in [1.165, 1.54) is 13.3 Å². The summed E-state index contributed by atoms with van der Waals surface area (Å²) in [5.74, 6) is -0.174. The molecule has 0 fully saturated rings. The third-order valence-electron chi connectivity index (χ3n) is 2.89. The van der Waals surface area contributed by atoms with Crippen LogP contribution in [0.5, 0.6) is 0 Å². The maximum Gasteiger partial charge on any atom is 0.337 e. The molecule has 0 unspecified atom stereocenters. The van der Waals surface area contributed by atoms with E-state index in [1.54, 1.807) is 38.1 Å². The summed E-state index contributed by atoms with van der Waals surface area (Å²) in [6.07, 6.45) is 1.48. The minimum atomic E-state index is -0.457. The zero-order chi connectivity index (χ0) is 15.4. The number of carbonyl (C=O) groups is 2. The molecule has 2 rings (SSSR count). The lowest BCUT2D eigenvalue weighted by Crippen LogP contribution is -2.15. The number of rotatable bonds is 3. The number of aromatic nitrogens is 2. The minimum Gasteiger partial charge on any atom is -0.465 e. The second kappa shape index (κ2) is 6.13. The normalized spacial score (nSPS) is 10.0. The van der Waals surface area contributed by atoms with Crippen molar-refractivity contribution in [3.63, 3.8) is 0 Å². The average Bonchev–Trinajstić information content (AvgIpc) is 2.46. The van der Waals surface area contributed by atoms with E-state index in [1.807, 2.05) is 0 Å². The van der Waals surface area contributed by atoms with Gasteiger partial charge in [-0.3, -0.25) is 4.79 Å². The van der Waals surface area contributed by atoms with Gasteiger partial charge in [0, 0.05) is 11.9 Å². The third-order valence-corrected chi connectivity index (χ3v) is 2.89. The summed E-state index contributed by atoms with van der Waals surface area (Å²) < 4.78 is 4.64. The van der Waals surface area contributed by atoms with Crippen molar-refractivity contribution in [3.05, 3.63) is 53.1 Å². The van der Waals surface area contributed by atoms with Gasteiger partial charge in [0.1, 0.15) is 5.82 Å². The Kier molecular flexibility index (Phi) is 4.27. The van der Waals surface area contributed by atoms with Crippen molar-refractivity contribution in [1.82, 2.24) is 9.97 Å². The highest BCUT2D eigenvalue weighted by Gasteiger charge is 2.12. The molecule has 0 atom stereocenters. The lowest BCUT2D eigenvalue weighted by Gasteiger charge is -2.08. The van der Waals surface area contributed by atoms with Gasteiger partial charge in [-0.1, -0.05) is 6.07 Å². The van der Waals surface area contributed by atoms with E-state index in [2.05, 4.69) is 20.0 Å². The van der Waals surface area contributed by atoms with Gasteiger partial charge >= 0.3 is 5.97 Å². The third kappa shape index (κ3) is 3.42. The number of carbonyl (C=O) groups excluding carboxylic acids is 2. The number of hydrogen-bond donors (Lipinski definition) is 1. The number of methoxy groups -OCH3 is 1. The van der Waals surface area contributed by atoms with Gasteiger partial charge in [-0.05, 0) is 32.0 Å². The van der Waals surface area contributed by atoms with Crippen LogP contribution >= 0.6 is 0 Å². The van der Waals surface area contributed by atoms with Gasteiger partial charge in [0.15, 0.2) is 0 Å². The molecule has 0 spiro atoms. The fourth-order valence-electron chi connectivity index (χ4n) is 1.85. The molecule has 1 aromatic carbocycles. The van der Waals surface area contributed by atoms with Crippen molar-refractivity contribution in [3.8, 4) is 0 Å². The quantitative estimate of drug-likeness (QED) is 0.874. The zero-order valence-electron chi connectivity index (χ0n) is 12.0. The first-order valence-electron chi connectivity index (χ1n) is 6.31. The molecule has 2 aromatic rings. The number of aryl methyl sites for hydroxylation is 2. The molecule has 108 valence electrons. The van der Waals surface area contributed by atoms with Gasteiger partial charge in [-0.25, -0.2) is 14.8 Å². The molecule has 0 radical (unpaired) electrons. The monoisotopic (exact) mass is 285 g/mol. The van der Waals surface area contributed by atoms with Crippen LogP contribution in [0, 0.1) is 13.8 Å². The molecule has 1 aromatic heterocycles. The summed E-state index contributed by atoms with van der Waals surface area (Å²) >= 11 is 0. The van der Waals surface area contributed by atoms with Crippen LogP contribution in [-0.4, -0.2) is 29.0 Å². The molecule has 6 heteroatoms. The molecule has 1 heterocycles. The summed E-state index contributed by atoms with van der Waals surface area (Å²) in [7, 11) is 1.31. The standard InChI is InChI=1S/C15H15N3O3/c1-9-13(8-16-10(2)17-9)14(19)18-12-6-4-5-11(7-12)15(20)21-3/h4-8H,1-3H3,(H,18,19).